The summed E-state index contributed by atoms with van der Waals surface area (Å²) in [5, 5.41) is 5.40. The zero-order chi connectivity index (χ0) is 18.3. The van der Waals surface area contributed by atoms with Gasteiger partial charge in [0, 0.05) is 18.8 Å². The smallest absolute Gasteiger partial charge is 0.319 e. The number of urea groups is 1. The van der Waals surface area contributed by atoms with Gasteiger partial charge in [-0.2, -0.15) is 0 Å². The molecule has 7 heteroatoms. The van der Waals surface area contributed by atoms with E-state index in [9.17, 15) is 13.2 Å². The van der Waals surface area contributed by atoms with Gasteiger partial charge in [-0.05, 0) is 35.7 Å². The lowest BCUT2D eigenvalue weighted by Crippen LogP contribution is -2.31. The molecular formula is C18H23N3O3S. The van der Waals surface area contributed by atoms with Crippen LogP contribution in [0.25, 0.3) is 0 Å². The van der Waals surface area contributed by atoms with Crippen LogP contribution in [0, 0.1) is 5.92 Å². The molecule has 0 fully saturated rings. The maximum absolute atomic E-state index is 12.3. The van der Waals surface area contributed by atoms with E-state index in [1.807, 2.05) is 44.2 Å². The molecule has 2 rings (SSSR count). The molecule has 0 aliphatic rings. The van der Waals surface area contributed by atoms with Crippen LogP contribution >= 0.6 is 0 Å². The molecule has 0 aliphatic heterocycles. The van der Waals surface area contributed by atoms with E-state index in [2.05, 4.69) is 15.4 Å². The Balaban J connectivity index is 1.95. The van der Waals surface area contributed by atoms with E-state index in [-0.39, 0.29) is 17.5 Å². The zero-order valence-electron chi connectivity index (χ0n) is 14.3. The van der Waals surface area contributed by atoms with Crippen molar-refractivity contribution in [2.24, 2.45) is 5.92 Å². The maximum Gasteiger partial charge on any atom is 0.319 e. The average molecular weight is 361 g/mol. The molecule has 0 saturated heterocycles. The summed E-state index contributed by atoms with van der Waals surface area (Å²) in [5.41, 5.74) is 1.41. The minimum atomic E-state index is -3.60. The van der Waals surface area contributed by atoms with Crippen molar-refractivity contribution in [3.05, 3.63) is 60.2 Å². The molecule has 0 aromatic heterocycles. The third-order valence-electron chi connectivity index (χ3n) is 3.40. The number of sulfonamides is 1. The summed E-state index contributed by atoms with van der Waals surface area (Å²) >= 11 is 0. The zero-order valence-corrected chi connectivity index (χ0v) is 15.1. The predicted molar refractivity (Wildman–Crippen MR) is 98.8 cm³/mol. The molecule has 2 aromatic carbocycles. The van der Waals surface area contributed by atoms with Gasteiger partial charge in [-0.3, -0.25) is 0 Å². The molecule has 25 heavy (non-hydrogen) atoms. The van der Waals surface area contributed by atoms with Crippen LogP contribution in [-0.2, 0) is 16.6 Å². The summed E-state index contributed by atoms with van der Waals surface area (Å²) < 4.78 is 27.2. The highest BCUT2D eigenvalue weighted by molar-refractivity contribution is 7.89. The van der Waals surface area contributed by atoms with Gasteiger partial charge in [0.2, 0.25) is 10.0 Å². The standard InChI is InChI=1S/C18H23N3O3S/c1-14(2)12-19-18(22)21-16-8-10-17(11-9-16)25(23,24)20-13-15-6-4-3-5-7-15/h3-11,14,20H,12-13H2,1-2H3,(H2,19,21,22). The molecule has 2 amide bonds. The molecule has 0 aliphatic carbocycles. The molecule has 0 radical (unpaired) electrons. The second kappa shape index (κ2) is 8.64. The van der Waals surface area contributed by atoms with Crippen LogP contribution in [0.2, 0.25) is 0 Å². The Hall–Kier alpha value is -2.38. The van der Waals surface area contributed by atoms with Gasteiger partial charge in [-0.1, -0.05) is 44.2 Å². The van der Waals surface area contributed by atoms with Crippen molar-refractivity contribution in [3.63, 3.8) is 0 Å². The van der Waals surface area contributed by atoms with Crippen LogP contribution in [-0.4, -0.2) is 21.0 Å². The second-order valence-electron chi connectivity index (χ2n) is 6.06. The third kappa shape index (κ3) is 6.21. The molecule has 0 atom stereocenters. The third-order valence-corrected chi connectivity index (χ3v) is 4.82. The van der Waals surface area contributed by atoms with Gasteiger partial charge in [0.25, 0.3) is 0 Å². The highest BCUT2D eigenvalue weighted by atomic mass is 32.2. The van der Waals surface area contributed by atoms with Gasteiger partial charge in [0.1, 0.15) is 0 Å². The van der Waals surface area contributed by atoms with E-state index in [4.69, 9.17) is 0 Å². The predicted octanol–water partition coefficient (Wildman–Crippen LogP) is 2.94. The number of rotatable bonds is 7. The second-order valence-corrected chi connectivity index (χ2v) is 7.83. The van der Waals surface area contributed by atoms with Crippen LogP contribution in [0.1, 0.15) is 19.4 Å². The van der Waals surface area contributed by atoms with Crippen molar-refractivity contribution in [2.45, 2.75) is 25.3 Å². The first-order valence-corrected chi connectivity index (χ1v) is 9.53. The Morgan fingerprint density at radius 1 is 1.00 bits per heavy atom. The minimum absolute atomic E-state index is 0.150. The largest absolute Gasteiger partial charge is 0.338 e. The van der Waals surface area contributed by atoms with Crippen molar-refractivity contribution in [2.75, 3.05) is 11.9 Å². The van der Waals surface area contributed by atoms with E-state index in [1.54, 1.807) is 12.1 Å². The molecular weight excluding hydrogens is 338 g/mol. The van der Waals surface area contributed by atoms with Crippen LogP contribution in [0.5, 0.6) is 0 Å². The van der Waals surface area contributed by atoms with Crippen molar-refractivity contribution in [1.82, 2.24) is 10.0 Å². The van der Waals surface area contributed by atoms with E-state index in [0.29, 0.717) is 18.2 Å². The normalized spacial score (nSPS) is 11.3. The summed E-state index contributed by atoms with van der Waals surface area (Å²) in [7, 11) is -3.60. The fraction of sp³-hybridized carbons (Fsp3) is 0.278. The number of carbonyl (C=O) groups excluding carboxylic acids is 1. The molecule has 6 nitrogen and oxygen atoms in total. The van der Waals surface area contributed by atoms with E-state index >= 15 is 0 Å². The molecule has 0 unspecified atom stereocenters. The number of benzene rings is 2. The van der Waals surface area contributed by atoms with Gasteiger partial charge in [-0.25, -0.2) is 17.9 Å². The lowest BCUT2D eigenvalue weighted by Gasteiger charge is -2.10. The number of hydrogen-bond donors (Lipinski definition) is 3. The topological polar surface area (TPSA) is 87.3 Å². The molecule has 3 N–H and O–H groups in total. The Morgan fingerprint density at radius 2 is 1.64 bits per heavy atom. The van der Waals surface area contributed by atoms with Gasteiger partial charge in [0.15, 0.2) is 0 Å². The van der Waals surface area contributed by atoms with E-state index in [0.717, 1.165) is 5.56 Å². The highest BCUT2D eigenvalue weighted by Gasteiger charge is 2.13. The first-order chi connectivity index (χ1) is 11.9. The van der Waals surface area contributed by atoms with Crippen LogP contribution < -0.4 is 15.4 Å². The summed E-state index contributed by atoms with van der Waals surface area (Å²) in [6.07, 6.45) is 0. The van der Waals surface area contributed by atoms with Crippen molar-refractivity contribution in [1.29, 1.82) is 0 Å². The van der Waals surface area contributed by atoms with Crippen LogP contribution in [0.4, 0.5) is 10.5 Å². The monoisotopic (exact) mass is 361 g/mol. The SMILES string of the molecule is CC(C)CNC(=O)Nc1ccc(S(=O)(=O)NCc2ccccc2)cc1. The van der Waals surface area contributed by atoms with Crippen molar-refractivity contribution >= 4 is 21.7 Å². The fourth-order valence-corrected chi connectivity index (χ4v) is 3.06. The number of nitrogens with one attached hydrogen (secondary N) is 3. The Kier molecular flexibility index (Phi) is 6.55. The number of amides is 2. The van der Waals surface area contributed by atoms with Gasteiger partial charge < -0.3 is 10.6 Å². The first-order valence-electron chi connectivity index (χ1n) is 8.05. The van der Waals surface area contributed by atoms with Gasteiger partial charge in [-0.15, -0.1) is 0 Å². The Labute approximate surface area is 148 Å². The number of hydrogen-bond acceptors (Lipinski definition) is 3. The lowest BCUT2D eigenvalue weighted by atomic mass is 10.2. The number of carbonyl (C=O) groups is 1. The molecule has 0 bridgehead atoms. The quantitative estimate of drug-likeness (QED) is 0.708. The maximum atomic E-state index is 12.3. The van der Waals surface area contributed by atoms with Gasteiger partial charge in [0.05, 0.1) is 4.90 Å². The van der Waals surface area contributed by atoms with Crippen LogP contribution in [0.3, 0.4) is 0 Å². The molecule has 0 heterocycles. The number of anilines is 1. The average Bonchev–Trinajstić information content (AvgIpc) is 2.60. The Morgan fingerprint density at radius 3 is 2.24 bits per heavy atom. The highest BCUT2D eigenvalue weighted by Crippen LogP contribution is 2.14. The first kappa shape index (κ1) is 19.0. The fourth-order valence-electron chi connectivity index (χ4n) is 2.05. The Bertz CT molecular complexity index is 788. The summed E-state index contributed by atoms with van der Waals surface area (Å²) in [6.45, 7) is 4.80. The minimum Gasteiger partial charge on any atom is -0.338 e. The molecule has 2 aromatic rings. The summed E-state index contributed by atoms with van der Waals surface area (Å²) in [4.78, 5) is 11.9. The lowest BCUT2D eigenvalue weighted by molar-refractivity contribution is 0.251. The van der Waals surface area contributed by atoms with Crippen LogP contribution in [0.15, 0.2) is 59.5 Å². The molecule has 0 saturated carbocycles. The summed E-state index contributed by atoms with van der Waals surface area (Å²) in [6, 6.07) is 15.0. The van der Waals surface area contributed by atoms with E-state index < -0.39 is 10.0 Å². The van der Waals surface area contributed by atoms with E-state index in [1.165, 1.54) is 12.1 Å². The van der Waals surface area contributed by atoms with Crippen molar-refractivity contribution in [3.8, 4) is 0 Å². The van der Waals surface area contributed by atoms with Gasteiger partial charge >= 0.3 is 6.03 Å². The molecule has 0 spiro atoms. The summed E-state index contributed by atoms with van der Waals surface area (Å²) in [5.74, 6) is 0.356. The molecule has 134 valence electrons. The van der Waals surface area contributed by atoms with Crippen molar-refractivity contribution < 1.29 is 13.2 Å².